The van der Waals surface area contributed by atoms with E-state index >= 15 is 0 Å². The number of benzene rings is 3. The van der Waals surface area contributed by atoms with Gasteiger partial charge in [-0.05, 0) is 35.9 Å². The number of piperazine rings is 1. The Hall–Kier alpha value is -3.97. The van der Waals surface area contributed by atoms with E-state index in [4.69, 9.17) is 4.74 Å². The van der Waals surface area contributed by atoms with Crippen molar-refractivity contribution in [2.45, 2.75) is 13.1 Å². The lowest BCUT2D eigenvalue weighted by molar-refractivity contribution is 0.0619. The molecule has 7 heteroatoms. The van der Waals surface area contributed by atoms with Gasteiger partial charge in [0.2, 0.25) is 0 Å². The zero-order chi connectivity index (χ0) is 25.8. The summed E-state index contributed by atoms with van der Waals surface area (Å²) in [5, 5.41) is 0.715. The minimum atomic E-state index is -0.645. The number of carbonyl (C=O) groups is 1. The highest BCUT2D eigenvalue weighted by Crippen LogP contribution is 2.31. The molecule has 1 amide bonds. The molecular formula is C30H29F2N3O2. The van der Waals surface area contributed by atoms with Gasteiger partial charge in [0.15, 0.2) is 0 Å². The molecule has 1 fully saturated rings. The summed E-state index contributed by atoms with van der Waals surface area (Å²) < 4.78 is 36.7. The third kappa shape index (κ3) is 5.27. The summed E-state index contributed by atoms with van der Waals surface area (Å²) >= 11 is 0. The van der Waals surface area contributed by atoms with Gasteiger partial charge in [0, 0.05) is 43.7 Å². The number of ether oxygens (including phenoxy) is 1. The predicted octanol–water partition coefficient (Wildman–Crippen LogP) is 5.49. The molecule has 0 unspecified atom stereocenters. The maximum atomic E-state index is 14.6. The molecule has 0 atom stereocenters. The molecule has 0 aliphatic carbocycles. The van der Waals surface area contributed by atoms with E-state index in [1.165, 1.54) is 23.8 Å². The number of carbonyl (C=O) groups excluding carboxylic acids is 1. The first kappa shape index (κ1) is 24.7. The van der Waals surface area contributed by atoms with Crippen molar-refractivity contribution in [1.29, 1.82) is 0 Å². The highest BCUT2D eigenvalue weighted by Gasteiger charge is 2.27. The maximum Gasteiger partial charge on any atom is 0.270 e. The number of hydrogen-bond acceptors (Lipinski definition) is 3. The van der Waals surface area contributed by atoms with Crippen molar-refractivity contribution in [2.75, 3.05) is 32.8 Å². The van der Waals surface area contributed by atoms with Gasteiger partial charge in [-0.1, -0.05) is 55.1 Å². The molecule has 0 bridgehead atoms. The van der Waals surface area contributed by atoms with E-state index in [-0.39, 0.29) is 18.0 Å². The first-order valence-electron chi connectivity index (χ1n) is 12.4. The second kappa shape index (κ2) is 11.0. The van der Waals surface area contributed by atoms with Crippen molar-refractivity contribution in [2.24, 2.45) is 0 Å². The predicted molar refractivity (Wildman–Crippen MR) is 141 cm³/mol. The smallest absolute Gasteiger partial charge is 0.270 e. The van der Waals surface area contributed by atoms with Crippen LogP contribution in [0.15, 0.2) is 85.5 Å². The lowest BCUT2D eigenvalue weighted by Gasteiger charge is -2.35. The molecule has 1 saturated heterocycles. The standard InChI is InChI=1S/C30H29F2N3O2/c1-2-18-37-29-13-7-12-27-23(29)19-28(35(27)21-24-25(31)10-6-11-26(24)32)30(36)34-16-14-33(15-17-34)20-22-8-4-3-5-9-22/h2-13,19H,1,14-18,20-21H2. The van der Waals surface area contributed by atoms with E-state index in [0.717, 1.165) is 19.6 Å². The van der Waals surface area contributed by atoms with E-state index < -0.39 is 11.6 Å². The zero-order valence-corrected chi connectivity index (χ0v) is 20.6. The van der Waals surface area contributed by atoms with Crippen LogP contribution in [0.25, 0.3) is 10.9 Å². The van der Waals surface area contributed by atoms with E-state index in [2.05, 4.69) is 23.6 Å². The van der Waals surface area contributed by atoms with Crippen LogP contribution in [0.2, 0.25) is 0 Å². The lowest BCUT2D eigenvalue weighted by atomic mass is 10.2. The molecule has 4 aromatic rings. The summed E-state index contributed by atoms with van der Waals surface area (Å²) in [6, 6.07) is 21.3. The third-order valence-electron chi connectivity index (χ3n) is 6.77. The number of amides is 1. The molecule has 1 aliphatic rings. The van der Waals surface area contributed by atoms with Gasteiger partial charge < -0.3 is 14.2 Å². The van der Waals surface area contributed by atoms with Gasteiger partial charge in [-0.3, -0.25) is 9.69 Å². The fourth-order valence-corrected chi connectivity index (χ4v) is 4.83. The van der Waals surface area contributed by atoms with Crippen molar-refractivity contribution in [3.8, 4) is 5.75 Å². The molecule has 0 radical (unpaired) electrons. The summed E-state index contributed by atoms with van der Waals surface area (Å²) in [6.07, 6.45) is 1.64. The highest BCUT2D eigenvalue weighted by molar-refractivity contribution is 6.00. The Kier molecular flexibility index (Phi) is 7.32. The van der Waals surface area contributed by atoms with Crippen molar-refractivity contribution >= 4 is 16.8 Å². The number of fused-ring (bicyclic) bond motifs is 1. The number of halogens is 2. The fourth-order valence-electron chi connectivity index (χ4n) is 4.83. The zero-order valence-electron chi connectivity index (χ0n) is 20.6. The van der Waals surface area contributed by atoms with E-state index in [1.54, 1.807) is 16.7 Å². The Bertz CT molecular complexity index is 1390. The Morgan fingerprint density at radius 2 is 1.59 bits per heavy atom. The summed E-state index contributed by atoms with van der Waals surface area (Å²) in [5.74, 6) is -0.864. The first-order valence-corrected chi connectivity index (χ1v) is 12.4. The average molecular weight is 502 g/mol. The summed E-state index contributed by atoms with van der Waals surface area (Å²) in [5.41, 5.74) is 2.21. The highest BCUT2D eigenvalue weighted by atomic mass is 19.1. The summed E-state index contributed by atoms with van der Waals surface area (Å²) in [4.78, 5) is 17.9. The quantitative estimate of drug-likeness (QED) is 0.300. The lowest BCUT2D eigenvalue weighted by Crippen LogP contribution is -2.48. The third-order valence-corrected chi connectivity index (χ3v) is 6.77. The van der Waals surface area contributed by atoms with Crippen LogP contribution in [0.3, 0.4) is 0 Å². The van der Waals surface area contributed by atoms with E-state index in [0.29, 0.717) is 42.0 Å². The van der Waals surface area contributed by atoms with Crippen LogP contribution in [0.5, 0.6) is 5.75 Å². The summed E-state index contributed by atoms with van der Waals surface area (Å²) in [7, 11) is 0. The molecule has 37 heavy (non-hydrogen) atoms. The Balaban J connectivity index is 1.44. The monoisotopic (exact) mass is 501 g/mol. The molecule has 0 saturated carbocycles. The molecule has 1 aliphatic heterocycles. The van der Waals surface area contributed by atoms with Crippen molar-refractivity contribution in [3.05, 3.63) is 114 Å². The largest absolute Gasteiger partial charge is 0.489 e. The number of aromatic nitrogens is 1. The molecule has 3 aromatic carbocycles. The molecule has 0 N–H and O–H groups in total. The Labute approximate surface area is 215 Å². The summed E-state index contributed by atoms with van der Waals surface area (Å²) in [6.45, 7) is 7.36. The van der Waals surface area contributed by atoms with E-state index in [9.17, 15) is 13.6 Å². The van der Waals surface area contributed by atoms with Crippen LogP contribution in [0.1, 0.15) is 21.6 Å². The van der Waals surface area contributed by atoms with Crippen LogP contribution in [0.4, 0.5) is 8.78 Å². The topological polar surface area (TPSA) is 37.7 Å². The Morgan fingerprint density at radius 3 is 2.30 bits per heavy atom. The van der Waals surface area contributed by atoms with E-state index in [1.807, 2.05) is 41.3 Å². The molecule has 1 aromatic heterocycles. The molecule has 5 rings (SSSR count). The maximum absolute atomic E-state index is 14.6. The van der Waals surface area contributed by atoms with Gasteiger partial charge in [0.05, 0.1) is 12.1 Å². The second-order valence-electron chi connectivity index (χ2n) is 9.16. The SMILES string of the molecule is C=CCOc1cccc2c1cc(C(=O)N1CCN(Cc3ccccc3)CC1)n2Cc1c(F)cccc1F. The van der Waals surface area contributed by atoms with Crippen LogP contribution in [-0.4, -0.2) is 53.1 Å². The number of rotatable bonds is 8. The van der Waals surface area contributed by atoms with Gasteiger partial charge in [-0.2, -0.15) is 0 Å². The van der Waals surface area contributed by atoms with Gasteiger partial charge in [-0.25, -0.2) is 8.78 Å². The van der Waals surface area contributed by atoms with Gasteiger partial charge >= 0.3 is 0 Å². The minimum Gasteiger partial charge on any atom is -0.489 e. The van der Waals surface area contributed by atoms with Gasteiger partial charge in [-0.15, -0.1) is 0 Å². The second-order valence-corrected chi connectivity index (χ2v) is 9.16. The normalized spacial score (nSPS) is 14.2. The molecule has 2 heterocycles. The molecule has 5 nitrogen and oxygen atoms in total. The average Bonchev–Trinajstić information content (AvgIpc) is 3.29. The van der Waals surface area contributed by atoms with Crippen molar-refractivity contribution in [1.82, 2.24) is 14.4 Å². The number of hydrogen-bond donors (Lipinski definition) is 0. The Morgan fingerprint density at radius 1 is 0.892 bits per heavy atom. The van der Waals surface area contributed by atoms with Gasteiger partial charge in [0.25, 0.3) is 5.91 Å². The first-order chi connectivity index (χ1) is 18.0. The number of nitrogens with zero attached hydrogens (tertiary/aromatic N) is 3. The molecule has 190 valence electrons. The van der Waals surface area contributed by atoms with Crippen LogP contribution >= 0.6 is 0 Å². The van der Waals surface area contributed by atoms with Crippen LogP contribution in [-0.2, 0) is 13.1 Å². The fraction of sp³-hybridized carbons (Fsp3) is 0.233. The van der Waals surface area contributed by atoms with Crippen LogP contribution < -0.4 is 4.74 Å². The van der Waals surface area contributed by atoms with Crippen molar-refractivity contribution < 1.29 is 18.3 Å². The minimum absolute atomic E-state index is 0.0841. The van der Waals surface area contributed by atoms with Crippen molar-refractivity contribution in [3.63, 3.8) is 0 Å². The van der Waals surface area contributed by atoms with Crippen LogP contribution in [0, 0.1) is 11.6 Å². The molecule has 0 spiro atoms. The van der Waals surface area contributed by atoms with Gasteiger partial charge in [0.1, 0.15) is 29.7 Å². The molecular weight excluding hydrogens is 472 g/mol.